The van der Waals surface area contributed by atoms with E-state index in [0.29, 0.717) is 39.1 Å². The van der Waals surface area contributed by atoms with Crippen molar-refractivity contribution in [2.45, 2.75) is 36.8 Å². The molecule has 0 saturated carbocycles. The van der Waals surface area contributed by atoms with Gasteiger partial charge in [0.15, 0.2) is 0 Å². The maximum Gasteiger partial charge on any atom is 0.371 e. The minimum atomic E-state index is -4.07. The van der Waals surface area contributed by atoms with Crippen molar-refractivity contribution in [2.75, 3.05) is 32.8 Å². The fraction of sp³-hybridized carbons (Fsp3) is 0.647. The Bertz CT molecular complexity index is 856. The molecule has 3 aliphatic rings. The minimum Gasteiger partial charge on any atom is -0.475 e. The number of rotatable bonds is 4. The molecule has 2 atom stereocenters. The summed E-state index contributed by atoms with van der Waals surface area (Å²) in [6, 6.07) is 1.46. The number of ether oxygens (including phenoxy) is 1. The molecule has 4 heterocycles. The average molecular weight is 398 g/mol. The van der Waals surface area contributed by atoms with Crippen molar-refractivity contribution < 1.29 is 32.3 Å². The molecule has 1 amide bonds. The summed E-state index contributed by atoms with van der Waals surface area (Å²) in [5.41, 5.74) is 0.00930. The van der Waals surface area contributed by atoms with Gasteiger partial charge >= 0.3 is 5.97 Å². The van der Waals surface area contributed by atoms with Crippen molar-refractivity contribution in [2.24, 2.45) is 5.41 Å². The number of hydrogen-bond donors (Lipinski definition) is 1. The maximum absolute atomic E-state index is 13.0. The molecule has 1 aromatic rings. The van der Waals surface area contributed by atoms with E-state index in [1.807, 2.05) is 0 Å². The predicted molar refractivity (Wildman–Crippen MR) is 91.6 cm³/mol. The van der Waals surface area contributed by atoms with Crippen molar-refractivity contribution in [3.63, 3.8) is 0 Å². The summed E-state index contributed by atoms with van der Waals surface area (Å²) >= 11 is 0. The van der Waals surface area contributed by atoms with Crippen LogP contribution >= 0.6 is 0 Å². The van der Waals surface area contributed by atoms with Gasteiger partial charge in [0.25, 0.3) is 10.0 Å². The minimum absolute atomic E-state index is 0.00930. The second kappa shape index (κ2) is 6.61. The van der Waals surface area contributed by atoms with Crippen LogP contribution in [0, 0.1) is 5.41 Å². The van der Waals surface area contributed by atoms with Crippen LogP contribution in [0.2, 0.25) is 0 Å². The first-order chi connectivity index (χ1) is 12.8. The quantitative estimate of drug-likeness (QED) is 0.796. The monoisotopic (exact) mass is 398 g/mol. The van der Waals surface area contributed by atoms with Gasteiger partial charge in [-0.3, -0.25) is 4.79 Å². The third kappa shape index (κ3) is 3.15. The predicted octanol–water partition coefficient (Wildman–Crippen LogP) is 0.770. The first-order valence-corrected chi connectivity index (χ1v) is 10.5. The average Bonchev–Trinajstić information content (AvgIpc) is 3.43. The molecule has 9 nitrogen and oxygen atoms in total. The number of likely N-dealkylation sites (tertiary alicyclic amines) is 1. The van der Waals surface area contributed by atoms with Gasteiger partial charge in [-0.15, -0.1) is 0 Å². The molecule has 1 aromatic heterocycles. The fourth-order valence-electron chi connectivity index (χ4n) is 4.27. The molecule has 148 valence electrons. The van der Waals surface area contributed by atoms with Gasteiger partial charge in [-0.1, -0.05) is 0 Å². The van der Waals surface area contributed by atoms with Gasteiger partial charge in [0, 0.05) is 31.7 Å². The van der Waals surface area contributed by atoms with E-state index in [0.717, 1.165) is 29.3 Å². The van der Waals surface area contributed by atoms with Gasteiger partial charge in [0.2, 0.25) is 16.8 Å². The summed E-state index contributed by atoms with van der Waals surface area (Å²) in [5, 5.41) is 8.50. The van der Waals surface area contributed by atoms with Gasteiger partial charge in [-0.05, 0) is 37.8 Å². The van der Waals surface area contributed by atoms with Crippen LogP contribution in [0.25, 0.3) is 0 Å². The zero-order chi connectivity index (χ0) is 19.2. The van der Waals surface area contributed by atoms with Crippen LogP contribution in [0.3, 0.4) is 0 Å². The number of aromatic carboxylic acids is 1. The summed E-state index contributed by atoms with van der Waals surface area (Å²) in [6.45, 7) is 2.77. The smallest absolute Gasteiger partial charge is 0.371 e. The number of nitrogens with zero attached hydrogens (tertiary/aromatic N) is 2. The first kappa shape index (κ1) is 18.5. The molecule has 0 aliphatic carbocycles. The van der Waals surface area contributed by atoms with Crippen LogP contribution in [0.15, 0.2) is 21.6 Å². The highest BCUT2D eigenvalue weighted by molar-refractivity contribution is 7.89. The Labute approximate surface area is 156 Å². The highest BCUT2D eigenvalue weighted by Gasteiger charge is 2.47. The van der Waals surface area contributed by atoms with Crippen LogP contribution in [-0.4, -0.2) is 73.5 Å². The molecule has 0 aromatic carbocycles. The van der Waals surface area contributed by atoms with Crippen LogP contribution in [-0.2, 0) is 19.6 Å². The molecule has 0 bridgehead atoms. The molecule has 2 unspecified atom stereocenters. The van der Waals surface area contributed by atoms with E-state index < -0.39 is 32.9 Å². The first-order valence-electron chi connectivity index (χ1n) is 9.04. The van der Waals surface area contributed by atoms with Crippen LogP contribution in [0.4, 0.5) is 0 Å². The van der Waals surface area contributed by atoms with Gasteiger partial charge in [-0.2, -0.15) is 4.31 Å². The lowest BCUT2D eigenvalue weighted by atomic mass is 9.87. The fourth-order valence-corrected chi connectivity index (χ4v) is 5.84. The summed E-state index contributed by atoms with van der Waals surface area (Å²) in [5.74, 6) is -1.98. The topological polar surface area (TPSA) is 117 Å². The lowest BCUT2D eigenvalue weighted by Crippen LogP contribution is -2.47. The Hall–Kier alpha value is -1.91. The molecule has 3 fully saturated rings. The zero-order valence-electron chi connectivity index (χ0n) is 14.8. The van der Waals surface area contributed by atoms with Crippen molar-refractivity contribution >= 4 is 21.9 Å². The number of carboxylic acids is 1. The third-order valence-electron chi connectivity index (χ3n) is 5.78. The largest absolute Gasteiger partial charge is 0.475 e. The summed E-state index contributed by atoms with van der Waals surface area (Å²) in [4.78, 5) is 25.8. The lowest BCUT2D eigenvalue weighted by molar-refractivity contribution is -0.134. The number of amides is 1. The van der Waals surface area contributed by atoms with Crippen molar-refractivity contribution in [1.82, 2.24) is 9.21 Å². The Morgan fingerprint density at radius 2 is 2.04 bits per heavy atom. The SMILES string of the molecule is O=C(O)c1ccc(S(=O)(=O)N2CCCC2C(=O)N2CCC3(CCOC3)C2)o1. The molecule has 3 saturated heterocycles. The number of carbonyl (C=O) groups is 2. The molecular formula is C17H22N2O7S. The van der Waals surface area contributed by atoms with Crippen molar-refractivity contribution in [3.8, 4) is 0 Å². The normalized spacial score (nSPS) is 29.0. The van der Waals surface area contributed by atoms with E-state index in [1.165, 1.54) is 0 Å². The second-order valence-corrected chi connectivity index (χ2v) is 9.33. The molecular weight excluding hydrogens is 376 g/mol. The number of carboxylic acid groups (broad SMARTS) is 1. The van der Waals surface area contributed by atoms with E-state index >= 15 is 0 Å². The van der Waals surface area contributed by atoms with Gasteiger partial charge < -0.3 is 19.2 Å². The molecule has 10 heteroatoms. The Morgan fingerprint density at radius 3 is 2.70 bits per heavy atom. The summed E-state index contributed by atoms with van der Waals surface area (Å²) in [6.07, 6.45) is 2.82. The van der Waals surface area contributed by atoms with Crippen molar-refractivity contribution in [1.29, 1.82) is 0 Å². The number of carbonyl (C=O) groups excluding carboxylic acids is 1. The van der Waals surface area contributed by atoms with Gasteiger partial charge in [-0.25, -0.2) is 13.2 Å². The molecule has 0 radical (unpaired) electrons. The molecule has 4 rings (SSSR count). The number of sulfonamides is 1. The van der Waals surface area contributed by atoms with E-state index in [1.54, 1.807) is 4.90 Å². The maximum atomic E-state index is 13.0. The van der Waals surface area contributed by atoms with Crippen molar-refractivity contribution in [3.05, 3.63) is 17.9 Å². The standard InChI is InChI=1S/C17H22N2O7S/c20-15(18-8-5-17(10-18)6-9-25-11-17)12-2-1-7-19(12)27(23,24)14-4-3-13(26-14)16(21)22/h3-4,12H,1-2,5-11H2,(H,21,22). The van der Waals surface area contributed by atoms with E-state index in [2.05, 4.69) is 0 Å². The molecule has 3 aliphatic heterocycles. The third-order valence-corrected chi connectivity index (χ3v) is 7.56. The van der Waals surface area contributed by atoms with Crippen LogP contribution in [0.1, 0.15) is 36.2 Å². The van der Waals surface area contributed by atoms with Gasteiger partial charge in [0.05, 0.1) is 6.61 Å². The van der Waals surface area contributed by atoms with E-state index in [-0.39, 0.29) is 17.9 Å². The van der Waals surface area contributed by atoms with E-state index in [9.17, 15) is 18.0 Å². The van der Waals surface area contributed by atoms with E-state index in [4.69, 9.17) is 14.3 Å². The molecule has 1 N–H and O–H groups in total. The molecule has 27 heavy (non-hydrogen) atoms. The second-order valence-electron chi connectivity index (χ2n) is 7.51. The number of furan rings is 1. The van der Waals surface area contributed by atoms with Crippen LogP contribution in [0.5, 0.6) is 0 Å². The highest BCUT2D eigenvalue weighted by atomic mass is 32.2. The Kier molecular flexibility index (Phi) is 4.52. The highest BCUT2D eigenvalue weighted by Crippen LogP contribution is 2.39. The Balaban J connectivity index is 1.53. The summed E-state index contributed by atoms with van der Waals surface area (Å²) in [7, 11) is -4.07. The molecule has 1 spiro atoms. The number of hydrogen-bond acceptors (Lipinski definition) is 6. The summed E-state index contributed by atoms with van der Waals surface area (Å²) < 4.78 is 37.4. The lowest BCUT2D eigenvalue weighted by Gasteiger charge is -2.28. The van der Waals surface area contributed by atoms with Gasteiger partial charge in [0.1, 0.15) is 6.04 Å². The van der Waals surface area contributed by atoms with Crippen LogP contribution < -0.4 is 0 Å². The Morgan fingerprint density at radius 1 is 1.22 bits per heavy atom. The zero-order valence-corrected chi connectivity index (χ0v) is 15.6.